The number of nitrogens with one attached hydrogen (secondary N) is 2. The molecule has 0 aliphatic heterocycles. The average molecular weight is 260 g/mol. The van der Waals surface area contributed by atoms with E-state index in [2.05, 4.69) is 10.6 Å². The van der Waals surface area contributed by atoms with Gasteiger partial charge in [-0.1, -0.05) is 0 Å². The number of hydrogen-bond acceptors (Lipinski definition) is 3. The second kappa shape index (κ2) is 5.86. The minimum Gasteiger partial charge on any atom is -0.508 e. The molecule has 0 unspecified atom stereocenters. The van der Waals surface area contributed by atoms with Crippen LogP contribution in [0.4, 0.5) is 15.8 Å². The molecule has 2 aromatic rings. The molecule has 3 N–H and O–H groups in total. The van der Waals surface area contributed by atoms with E-state index in [1.54, 1.807) is 24.3 Å². The summed E-state index contributed by atoms with van der Waals surface area (Å²) in [6.07, 6.45) is 0. The lowest BCUT2D eigenvalue weighted by Gasteiger charge is -2.07. The Labute approximate surface area is 109 Å². The largest absolute Gasteiger partial charge is 0.508 e. The van der Waals surface area contributed by atoms with Crippen LogP contribution in [0.2, 0.25) is 0 Å². The van der Waals surface area contributed by atoms with Crippen LogP contribution in [0.3, 0.4) is 0 Å². The SMILES string of the molecule is O=C(CNc1ccc(F)cc1)Nc1ccc(O)cc1. The summed E-state index contributed by atoms with van der Waals surface area (Å²) < 4.78 is 12.7. The fraction of sp³-hybridized carbons (Fsp3) is 0.0714. The lowest BCUT2D eigenvalue weighted by atomic mass is 10.3. The number of phenols is 1. The maximum Gasteiger partial charge on any atom is 0.243 e. The zero-order chi connectivity index (χ0) is 13.7. The third-order valence-electron chi connectivity index (χ3n) is 2.45. The molecular weight excluding hydrogens is 247 g/mol. The highest BCUT2D eigenvalue weighted by Crippen LogP contribution is 2.13. The molecule has 19 heavy (non-hydrogen) atoms. The van der Waals surface area contributed by atoms with Crippen molar-refractivity contribution in [3.8, 4) is 5.75 Å². The van der Waals surface area contributed by atoms with Crippen LogP contribution in [0.15, 0.2) is 48.5 Å². The van der Waals surface area contributed by atoms with E-state index in [9.17, 15) is 9.18 Å². The summed E-state index contributed by atoms with van der Waals surface area (Å²) in [7, 11) is 0. The van der Waals surface area contributed by atoms with Gasteiger partial charge < -0.3 is 15.7 Å². The molecule has 1 amide bonds. The standard InChI is InChI=1S/C14H13FN2O2/c15-10-1-3-11(4-2-10)16-9-14(19)17-12-5-7-13(18)8-6-12/h1-8,16,18H,9H2,(H,17,19). The van der Waals surface area contributed by atoms with Crippen molar-refractivity contribution in [3.63, 3.8) is 0 Å². The highest BCUT2D eigenvalue weighted by Gasteiger charge is 2.02. The number of carbonyl (C=O) groups excluding carboxylic acids is 1. The van der Waals surface area contributed by atoms with Crippen molar-refractivity contribution in [2.45, 2.75) is 0 Å². The Morgan fingerprint density at radius 3 is 2.21 bits per heavy atom. The molecule has 0 saturated heterocycles. The van der Waals surface area contributed by atoms with E-state index in [0.29, 0.717) is 11.4 Å². The second-order valence-electron chi connectivity index (χ2n) is 3.96. The van der Waals surface area contributed by atoms with Gasteiger partial charge in [0.1, 0.15) is 11.6 Å². The van der Waals surface area contributed by atoms with Crippen LogP contribution < -0.4 is 10.6 Å². The zero-order valence-electron chi connectivity index (χ0n) is 10.1. The third kappa shape index (κ3) is 3.99. The normalized spacial score (nSPS) is 9.95. The molecule has 98 valence electrons. The highest BCUT2D eigenvalue weighted by atomic mass is 19.1. The summed E-state index contributed by atoms with van der Waals surface area (Å²) in [5, 5.41) is 14.6. The Kier molecular flexibility index (Phi) is 3.97. The van der Waals surface area contributed by atoms with Crippen LogP contribution in [0.1, 0.15) is 0 Å². The van der Waals surface area contributed by atoms with Crippen molar-refractivity contribution in [2.24, 2.45) is 0 Å². The van der Waals surface area contributed by atoms with Crippen LogP contribution in [-0.4, -0.2) is 17.6 Å². The lowest BCUT2D eigenvalue weighted by molar-refractivity contribution is -0.114. The number of hydrogen-bond donors (Lipinski definition) is 3. The summed E-state index contributed by atoms with van der Waals surface area (Å²) in [6, 6.07) is 11.9. The van der Waals surface area contributed by atoms with Gasteiger partial charge in [0.2, 0.25) is 5.91 Å². The molecule has 5 heteroatoms. The Balaban J connectivity index is 1.84. The number of halogens is 1. The highest BCUT2D eigenvalue weighted by molar-refractivity contribution is 5.93. The number of benzene rings is 2. The van der Waals surface area contributed by atoms with Crippen LogP contribution in [0.25, 0.3) is 0 Å². The van der Waals surface area contributed by atoms with E-state index in [0.717, 1.165) is 0 Å². The molecule has 4 nitrogen and oxygen atoms in total. The van der Waals surface area contributed by atoms with Gasteiger partial charge in [0, 0.05) is 11.4 Å². The molecule has 0 bridgehead atoms. The smallest absolute Gasteiger partial charge is 0.243 e. The molecule has 0 spiro atoms. The number of anilines is 2. The summed E-state index contributed by atoms with van der Waals surface area (Å²) in [4.78, 5) is 11.6. The molecule has 2 aromatic carbocycles. The first kappa shape index (κ1) is 12.9. The first-order valence-electron chi connectivity index (χ1n) is 5.72. The molecule has 0 saturated carbocycles. The van der Waals surface area contributed by atoms with Gasteiger partial charge in [-0.3, -0.25) is 4.79 Å². The van der Waals surface area contributed by atoms with Gasteiger partial charge in [-0.25, -0.2) is 4.39 Å². The Morgan fingerprint density at radius 2 is 1.58 bits per heavy atom. The molecule has 0 aliphatic carbocycles. The predicted molar refractivity (Wildman–Crippen MR) is 71.6 cm³/mol. The summed E-state index contributed by atoms with van der Waals surface area (Å²) in [5.41, 5.74) is 1.27. The number of rotatable bonds is 4. The van der Waals surface area contributed by atoms with E-state index in [-0.39, 0.29) is 24.0 Å². The van der Waals surface area contributed by atoms with Crippen LogP contribution in [-0.2, 0) is 4.79 Å². The Morgan fingerprint density at radius 1 is 1.00 bits per heavy atom. The first-order chi connectivity index (χ1) is 9.13. The van der Waals surface area contributed by atoms with Gasteiger partial charge in [0.15, 0.2) is 0 Å². The molecule has 0 fully saturated rings. The van der Waals surface area contributed by atoms with Crippen molar-refractivity contribution in [3.05, 3.63) is 54.3 Å². The van der Waals surface area contributed by atoms with E-state index in [1.807, 2.05) is 0 Å². The van der Waals surface area contributed by atoms with Gasteiger partial charge in [-0.05, 0) is 48.5 Å². The Bertz CT molecular complexity index is 553. The van der Waals surface area contributed by atoms with Crippen molar-refractivity contribution < 1.29 is 14.3 Å². The minimum atomic E-state index is -0.320. The molecular formula is C14H13FN2O2. The number of carbonyl (C=O) groups is 1. The van der Waals surface area contributed by atoms with Crippen molar-refractivity contribution in [1.82, 2.24) is 0 Å². The topological polar surface area (TPSA) is 61.4 Å². The van der Waals surface area contributed by atoms with E-state index in [1.165, 1.54) is 24.3 Å². The lowest BCUT2D eigenvalue weighted by Crippen LogP contribution is -2.21. The number of amides is 1. The predicted octanol–water partition coefficient (Wildman–Crippen LogP) is 2.58. The van der Waals surface area contributed by atoms with Crippen LogP contribution >= 0.6 is 0 Å². The van der Waals surface area contributed by atoms with Gasteiger partial charge >= 0.3 is 0 Å². The number of phenolic OH excluding ortho intramolecular Hbond substituents is 1. The maximum atomic E-state index is 12.7. The van der Waals surface area contributed by atoms with Crippen molar-refractivity contribution in [2.75, 3.05) is 17.2 Å². The fourth-order valence-electron chi connectivity index (χ4n) is 1.50. The van der Waals surface area contributed by atoms with Crippen LogP contribution in [0, 0.1) is 5.82 Å². The molecule has 0 atom stereocenters. The summed E-state index contributed by atoms with van der Waals surface area (Å²) in [6.45, 7) is 0.0759. The minimum absolute atomic E-state index is 0.0759. The Hall–Kier alpha value is -2.56. The zero-order valence-corrected chi connectivity index (χ0v) is 10.1. The maximum absolute atomic E-state index is 12.7. The van der Waals surface area contributed by atoms with E-state index in [4.69, 9.17) is 5.11 Å². The second-order valence-corrected chi connectivity index (χ2v) is 3.96. The van der Waals surface area contributed by atoms with Gasteiger partial charge in [-0.15, -0.1) is 0 Å². The van der Waals surface area contributed by atoms with Gasteiger partial charge in [-0.2, -0.15) is 0 Å². The van der Waals surface area contributed by atoms with E-state index >= 15 is 0 Å². The van der Waals surface area contributed by atoms with Crippen molar-refractivity contribution >= 4 is 17.3 Å². The molecule has 0 radical (unpaired) electrons. The first-order valence-corrected chi connectivity index (χ1v) is 5.72. The number of aromatic hydroxyl groups is 1. The van der Waals surface area contributed by atoms with E-state index < -0.39 is 0 Å². The molecule has 2 rings (SSSR count). The summed E-state index contributed by atoms with van der Waals surface area (Å²) in [5.74, 6) is -0.406. The van der Waals surface area contributed by atoms with Crippen molar-refractivity contribution in [1.29, 1.82) is 0 Å². The molecule has 0 aliphatic rings. The van der Waals surface area contributed by atoms with Gasteiger partial charge in [0.05, 0.1) is 6.54 Å². The summed E-state index contributed by atoms with van der Waals surface area (Å²) >= 11 is 0. The third-order valence-corrected chi connectivity index (χ3v) is 2.45. The molecule has 0 heterocycles. The molecule has 0 aromatic heterocycles. The van der Waals surface area contributed by atoms with Crippen LogP contribution in [0.5, 0.6) is 5.75 Å². The monoisotopic (exact) mass is 260 g/mol. The quantitative estimate of drug-likeness (QED) is 0.740. The fourth-order valence-corrected chi connectivity index (χ4v) is 1.50. The average Bonchev–Trinajstić information content (AvgIpc) is 2.41. The van der Waals surface area contributed by atoms with Gasteiger partial charge in [0.25, 0.3) is 0 Å².